The summed E-state index contributed by atoms with van der Waals surface area (Å²) in [6, 6.07) is 13.8. The number of benzene rings is 2. The maximum atomic E-state index is 12.7. The first-order chi connectivity index (χ1) is 17.3. The van der Waals surface area contributed by atoms with Gasteiger partial charge in [0.25, 0.3) is 11.8 Å². The van der Waals surface area contributed by atoms with Gasteiger partial charge in [-0.2, -0.15) is 0 Å². The van der Waals surface area contributed by atoms with Gasteiger partial charge in [-0.05, 0) is 62.4 Å². The Bertz CT molecular complexity index is 1060. The van der Waals surface area contributed by atoms with Gasteiger partial charge in [0.1, 0.15) is 41.4 Å². The summed E-state index contributed by atoms with van der Waals surface area (Å²) in [6.07, 6.45) is -1.13. The topological polar surface area (TPSA) is 108 Å². The molecule has 10 heteroatoms. The maximum absolute atomic E-state index is 12.7. The van der Waals surface area contributed by atoms with E-state index in [4.69, 9.17) is 23.7 Å². The molecular formula is C26H31N3O7. The molecule has 0 unspecified atom stereocenters. The molecule has 3 aliphatic heterocycles. The van der Waals surface area contributed by atoms with Gasteiger partial charge in [0, 0.05) is 11.1 Å². The lowest BCUT2D eigenvalue weighted by Gasteiger charge is -2.32. The molecule has 36 heavy (non-hydrogen) atoms. The summed E-state index contributed by atoms with van der Waals surface area (Å²) < 4.78 is 29.1. The third-order valence-electron chi connectivity index (χ3n) is 7.01. The van der Waals surface area contributed by atoms with Crippen molar-refractivity contribution in [1.82, 2.24) is 15.5 Å². The monoisotopic (exact) mass is 497 g/mol. The second-order valence-electron chi connectivity index (χ2n) is 9.62. The van der Waals surface area contributed by atoms with Crippen LogP contribution in [-0.2, 0) is 14.2 Å². The third-order valence-corrected chi connectivity index (χ3v) is 7.01. The summed E-state index contributed by atoms with van der Waals surface area (Å²) in [6.45, 7) is 4.72. The van der Waals surface area contributed by atoms with Crippen molar-refractivity contribution >= 4 is 11.8 Å². The van der Waals surface area contributed by atoms with E-state index < -0.39 is 17.4 Å². The Hall–Kier alpha value is -3.18. The smallest absolute Gasteiger partial charge is 0.251 e. The van der Waals surface area contributed by atoms with E-state index in [1.807, 2.05) is 13.8 Å². The van der Waals surface area contributed by atoms with Crippen molar-refractivity contribution in [3.8, 4) is 11.5 Å². The highest BCUT2D eigenvalue weighted by atomic mass is 16.7. The second-order valence-corrected chi connectivity index (χ2v) is 9.62. The summed E-state index contributed by atoms with van der Waals surface area (Å²) in [5, 5.41) is 5.93. The van der Waals surface area contributed by atoms with Crippen LogP contribution in [0, 0.1) is 0 Å². The summed E-state index contributed by atoms with van der Waals surface area (Å²) in [4.78, 5) is 27.5. The van der Waals surface area contributed by atoms with E-state index in [2.05, 4.69) is 15.5 Å². The van der Waals surface area contributed by atoms with Crippen LogP contribution < -0.4 is 20.1 Å². The Labute approximate surface area is 209 Å². The number of carbonyl (C=O) groups is 2. The quantitative estimate of drug-likeness (QED) is 0.568. The third kappa shape index (κ3) is 4.30. The van der Waals surface area contributed by atoms with Crippen LogP contribution in [-0.4, -0.2) is 80.5 Å². The van der Waals surface area contributed by atoms with Crippen LogP contribution in [0.3, 0.4) is 0 Å². The van der Waals surface area contributed by atoms with E-state index in [0.717, 1.165) is 0 Å². The molecule has 3 saturated heterocycles. The summed E-state index contributed by atoms with van der Waals surface area (Å²) >= 11 is 0. The predicted molar refractivity (Wildman–Crippen MR) is 129 cm³/mol. The molecular weight excluding hydrogens is 466 g/mol. The van der Waals surface area contributed by atoms with Crippen LogP contribution in [0.1, 0.15) is 34.6 Å². The van der Waals surface area contributed by atoms with Crippen molar-refractivity contribution in [3.63, 3.8) is 0 Å². The van der Waals surface area contributed by atoms with Gasteiger partial charge in [-0.1, -0.05) is 0 Å². The van der Waals surface area contributed by atoms with Gasteiger partial charge in [-0.15, -0.1) is 0 Å². The number of hydrogen-bond acceptors (Lipinski definition) is 8. The minimum absolute atomic E-state index is 0.213. The first-order valence-electron chi connectivity index (χ1n) is 11.9. The fourth-order valence-electron chi connectivity index (χ4n) is 5.00. The molecule has 3 heterocycles. The zero-order valence-corrected chi connectivity index (χ0v) is 20.8. The molecule has 2 amide bonds. The van der Waals surface area contributed by atoms with Crippen molar-refractivity contribution in [2.75, 3.05) is 33.9 Å². The van der Waals surface area contributed by atoms with E-state index in [0.29, 0.717) is 29.2 Å². The summed E-state index contributed by atoms with van der Waals surface area (Å²) in [5.41, 5.74) is -0.547. The number of hydrogen-bond donors (Lipinski definition) is 2. The molecule has 0 bridgehead atoms. The van der Waals surface area contributed by atoms with Crippen molar-refractivity contribution in [3.05, 3.63) is 59.7 Å². The Morgan fingerprint density at radius 3 is 1.78 bits per heavy atom. The fraction of sp³-hybridized carbons (Fsp3) is 0.462. The lowest BCUT2D eigenvalue weighted by molar-refractivity contribution is -0.126. The van der Waals surface area contributed by atoms with Crippen LogP contribution in [0.5, 0.6) is 11.5 Å². The molecule has 192 valence electrons. The fourth-order valence-corrected chi connectivity index (χ4v) is 5.00. The van der Waals surface area contributed by atoms with Gasteiger partial charge in [0.15, 0.2) is 0 Å². The molecule has 0 aromatic heterocycles. The first kappa shape index (κ1) is 24.5. The largest absolute Gasteiger partial charge is 0.497 e. The Balaban J connectivity index is 1.23. The predicted octanol–water partition coefficient (Wildman–Crippen LogP) is 1.75. The standard InChI is InChI=1S/C26H31N3O7/c1-25(14-27-21(30)16-5-9-18(32-3)10-6-16)23-29-20(13-34-23)35-26(2,24(29)36-25)15-28-22(31)17-7-11-19(33-4)12-8-17/h5-12,20,23-24H,13-15H2,1-4H3,(H,27,30)(H,28,31)/t20-,23-,24-,25+,26+/m0/s1. The Morgan fingerprint density at radius 1 is 0.833 bits per heavy atom. The van der Waals surface area contributed by atoms with Crippen molar-refractivity contribution in [2.45, 2.75) is 43.7 Å². The Morgan fingerprint density at radius 2 is 1.31 bits per heavy atom. The number of carbonyl (C=O) groups excluding carboxylic acids is 2. The normalized spacial score (nSPS) is 30.6. The number of amides is 2. The molecule has 3 fully saturated rings. The van der Waals surface area contributed by atoms with Crippen LogP contribution in [0.4, 0.5) is 0 Å². The zero-order chi connectivity index (χ0) is 25.5. The average Bonchev–Trinajstić information content (AvgIpc) is 3.54. The van der Waals surface area contributed by atoms with E-state index in [1.165, 1.54) is 0 Å². The van der Waals surface area contributed by atoms with Crippen LogP contribution in [0.2, 0.25) is 0 Å². The number of nitrogens with one attached hydrogen (secondary N) is 2. The molecule has 2 N–H and O–H groups in total. The molecule has 0 spiro atoms. The molecule has 5 rings (SSSR count). The number of ether oxygens (including phenoxy) is 5. The molecule has 10 nitrogen and oxygen atoms in total. The number of methoxy groups -OCH3 is 2. The van der Waals surface area contributed by atoms with E-state index in [1.54, 1.807) is 62.8 Å². The van der Waals surface area contributed by atoms with Gasteiger partial charge in [0.2, 0.25) is 0 Å². The molecule has 5 atom stereocenters. The van der Waals surface area contributed by atoms with Crippen molar-refractivity contribution < 1.29 is 33.3 Å². The Kier molecular flexibility index (Phi) is 6.37. The summed E-state index contributed by atoms with van der Waals surface area (Å²) in [5.74, 6) is 0.939. The van der Waals surface area contributed by atoms with E-state index >= 15 is 0 Å². The molecule has 2 aromatic carbocycles. The maximum Gasteiger partial charge on any atom is 0.251 e. The highest BCUT2D eigenvalue weighted by Crippen LogP contribution is 2.48. The van der Waals surface area contributed by atoms with E-state index in [9.17, 15) is 9.59 Å². The molecule has 0 aliphatic carbocycles. The van der Waals surface area contributed by atoms with Crippen LogP contribution >= 0.6 is 0 Å². The molecule has 0 saturated carbocycles. The van der Waals surface area contributed by atoms with Gasteiger partial charge in [0.05, 0.1) is 33.9 Å². The minimum atomic E-state index is -0.799. The van der Waals surface area contributed by atoms with Gasteiger partial charge in [-0.25, -0.2) is 4.90 Å². The van der Waals surface area contributed by atoms with Crippen molar-refractivity contribution in [1.29, 1.82) is 0 Å². The lowest BCUT2D eigenvalue weighted by Crippen LogP contribution is -2.51. The van der Waals surface area contributed by atoms with E-state index in [-0.39, 0.29) is 37.4 Å². The van der Waals surface area contributed by atoms with Crippen molar-refractivity contribution in [2.24, 2.45) is 0 Å². The van der Waals surface area contributed by atoms with Crippen LogP contribution in [0.15, 0.2) is 48.5 Å². The van der Waals surface area contributed by atoms with Gasteiger partial charge < -0.3 is 34.3 Å². The highest BCUT2D eigenvalue weighted by Gasteiger charge is 2.67. The number of rotatable bonds is 8. The SMILES string of the molecule is COc1ccc(C(=O)NC[C@@]2(C)O[C@H]3CO[C@@H]4N3[C@H]2O[C@]4(C)CNC(=O)c2ccc(OC)cc2)cc1. The molecule has 0 radical (unpaired) electrons. The second kappa shape index (κ2) is 9.36. The lowest BCUT2D eigenvalue weighted by atomic mass is 10.0. The van der Waals surface area contributed by atoms with Gasteiger partial charge in [-0.3, -0.25) is 9.59 Å². The molecule has 3 aliphatic rings. The highest BCUT2D eigenvalue weighted by molar-refractivity contribution is 5.94. The first-order valence-corrected chi connectivity index (χ1v) is 11.9. The minimum Gasteiger partial charge on any atom is -0.497 e. The average molecular weight is 498 g/mol. The number of nitrogens with zero attached hydrogens (tertiary/aromatic N) is 1. The van der Waals surface area contributed by atoms with Crippen LogP contribution in [0.25, 0.3) is 0 Å². The summed E-state index contributed by atoms with van der Waals surface area (Å²) in [7, 11) is 3.16. The molecule has 2 aromatic rings. The zero-order valence-electron chi connectivity index (χ0n) is 20.8. The van der Waals surface area contributed by atoms with Gasteiger partial charge >= 0.3 is 0 Å².